The zero-order chi connectivity index (χ0) is 28.2. The van der Waals surface area contributed by atoms with Gasteiger partial charge in [-0.25, -0.2) is 10.4 Å². The lowest BCUT2D eigenvalue weighted by molar-refractivity contribution is -0.131. The monoisotopic (exact) mass is 576 g/mol. The van der Waals surface area contributed by atoms with E-state index in [4.69, 9.17) is 14.5 Å². The fraction of sp³-hybridized carbons (Fsp3) is 0.276. The Balaban J connectivity index is 1.38. The second-order valence-electron chi connectivity index (χ2n) is 9.26. The minimum absolute atomic E-state index is 0.0152. The molecule has 0 bridgehead atoms. The molecule has 1 aliphatic carbocycles. The lowest BCUT2D eigenvalue weighted by Gasteiger charge is -2.14. The van der Waals surface area contributed by atoms with Crippen LogP contribution in [0.3, 0.4) is 0 Å². The quantitative estimate of drug-likeness (QED) is 0.0794. The van der Waals surface area contributed by atoms with Crippen molar-refractivity contribution in [2.45, 2.75) is 44.7 Å². The molecule has 0 unspecified atom stereocenters. The number of hydrazone groups is 1. The number of rotatable bonds is 8. The molecule has 1 N–H and O–H groups in total. The summed E-state index contributed by atoms with van der Waals surface area (Å²) in [6.07, 6.45) is 4.03. The molecule has 0 saturated heterocycles. The van der Waals surface area contributed by atoms with E-state index >= 15 is 0 Å². The topological polar surface area (TPSA) is 112 Å². The van der Waals surface area contributed by atoms with Crippen molar-refractivity contribution in [1.82, 2.24) is 15.0 Å². The number of thioether (sulfide) groups is 1. The van der Waals surface area contributed by atoms with E-state index in [-0.39, 0.29) is 17.2 Å². The van der Waals surface area contributed by atoms with Gasteiger partial charge in [-0.15, -0.1) is 11.3 Å². The Bertz CT molecular complexity index is 1660. The number of nitrogens with one attached hydrogen (secondary N) is 1. The number of nitrogens with zero attached hydrogens (tertiary/aromatic N) is 3. The van der Waals surface area contributed by atoms with E-state index in [1.54, 1.807) is 66.3 Å². The van der Waals surface area contributed by atoms with Crippen molar-refractivity contribution >= 4 is 50.9 Å². The first kappa shape index (κ1) is 27.6. The number of hydrogen-bond acceptors (Lipinski definition) is 9. The second kappa shape index (κ2) is 12.1. The molecular weight excluding hydrogens is 548 g/mol. The van der Waals surface area contributed by atoms with Crippen molar-refractivity contribution in [1.29, 1.82) is 0 Å². The van der Waals surface area contributed by atoms with E-state index in [9.17, 15) is 14.4 Å². The number of carbonyl (C=O) groups is 2. The molecule has 1 aliphatic rings. The molecule has 0 spiro atoms. The fourth-order valence-electron chi connectivity index (χ4n) is 4.55. The van der Waals surface area contributed by atoms with Gasteiger partial charge >= 0.3 is 5.97 Å². The highest BCUT2D eigenvalue weighted by Gasteiger charge is 2.23. The van der Waals surface area contributed by atoms with Crippen LogP contribution >= 0.6 is 23.1 Å². The number of hydrogen-bond donors (Lipinski definition) is 1. The van der Waals surface area contributed by atoms with E-state index in [0.717, 1.165) is 41.6 Å². The zero-order valence-corrected chi connectivity index (χ0v) is 24.0. The molecule has 1 amide bonds. The largest absolute Gasteiger partial charge is 0.497 e. The van der Waals surface area contributed by atoms with E-state index in [2.05, 4.69) is 10.5 Å². The van der Waals surface area contributed by atoms with Crippen LogP contribution in [-0.4, -0.2) is 40.0 Å². The maximum Gasteiger partial charge on any atom is 0.308 e. The van der Waals surface area contributed by atoms with Crippen LogP contribution in [0.2, 0.25) is 0 Å². The van der Waals surface area contributed by atoms with Crippen LogP contribution in [0.4, 0.5) is 0 Å². The van der Waals surface area contributed by atoms with Gasteiger partial charge in [0.05, 0.1) is 29.6 Å². The summed E-state index contributed by atoms with van der Waals surface area (Å²) in [6.45, 7) is 3.11. The third-order valence-electron chi connectivity index (χ3n) is 6.50. The molecule has 0 aliphatic heterocycles. The van der Waals surface area contributed by atoms with Crippen LogP contribution in [0.1, 0.15) is 42.7 Å². The van der Waals surface area contributed by atoms with Crippen molar-refractivity contribution in [3.8, 4) is 17.2 Å². The Morgan fingerprint density at radius 1 is 1.05 bits per heavy atom. The number of carbonyl (C=O) groups excluding carboxylic acids is 2. The van der Waals surface area contributed by atoms with Gasteiger partial charge in [-0.3, -0.25) is 19.0 Å². The fourth-order valence-corrected chi connectivity index (χ4v) is 6.65. The van der Waals surface area contributed by atoms with Gasteiger partial charge in [0.15, 0.2) is 5.16 Å². The number of aryl methyl sites for hydroxylation is 2. The molecule has 11 heteroatoms. The van der Waals surface area contributed by atoms with Gasteiger partial charge in [-0.05, 0) is 92.3 Å². The maximum absolute atomic E-state index is 13.9. The predicted molar refractivity (Wildman–Crippen MR) is 157 cm³/mol. The van der Waals surface area contributed by atoms with Gasteiger partial charge in [0, 0.05) is 11.8 Å². The highest BCUT2D eigenvalue weighted by molar-refractivity contribution is 7.99. The molecule has 9 nitrogen and oxygen atoms in total. The average Bonchev–Trinajstić information content (AvgIpc) is 3.34. The molecule has 4 aromatic rings. The number of amides is 1. The molecule has 2 aromatic heterocycles. The lowest BCUT2D eigenvalue weighted by Crippen LogP contribution is -2.24. The van der Waals surface area contributed by atoms with Gasteiger partial charge < -0.3 is 9.47 Å². The Kier molecular flexibility index (Phi) is 8.32. The molecule has 0 fully saturated rings. The second-order valence-corrected chi connectivity index (χ2v) is 11.3. The van der Waals surface area contributed by atoms with Crippen LogP contribution in [0.15, 0.2) is 63.6 Å². The van der Waals surface area contributed by atoms with Crippen molar-refractivity contribution in [2.24, 2.45) is 5.10 Å². The summed E-state index contributed by atoms with van der Waals surface area (Å²) >= 11 is 2.77. The standard InChI is InChI=1S/C29H28N4O5S2/c1-17(19-8-12-22(13-9-19)38-18(2)34)31-32-25(35)16-39-29-30-27-26(23-6-4-5-7-24(23)40-27)28(36)33(29)20-10-14-21(37-3)15-11-20/h8-15H,4-7,16H2,1-3H3,(H,32,35). The van der Waals surface area contributed by atoms with Gasteiger partial charge in [0.1, 0.15) is 16.3 Å². The third kappa shape index (κ3) is 5.95. The first-order chi connectivity index (χ1) is 19.3. The van der Waals surface area contributed by atoms with Crippen molar-refractivity contribution < 1.29 is 19.1 Å². The average molecular weight is 577 g/mol. The highest BCUT2D eigenvalue weighted by Crippen LogP contribution is 2.35. The molecule has 40 heavy (non-hydrogen) atoms. The normalized spacial score (nSPS) is 13.1. The molecule has 0 saturated carbocycles. The van der Waals surface area contributed by atoms with Gasteiger partial charge in [0.25, 0.3) is 11.5 Å². The molecule has 2 heterocycles. The molecular formula is C29H28N4O5S2. The molecule has 0 radical (unpaired) electrons. The highest BCUT2D eigenvalue weighted by atomic mass is 32.2. The predicted octanol–water partition coefficient (Wildman–Crippen LogP) is 4.89. The van der Waals surface area contributed by atoms with E-state index in [1.807, 2.05) is 12.1 Å². The first-order valence-electron chi connectivity index (χ1n) is 12.8. The van der Waals surface area contributed by atoms with E-state index < -0.39 is 5.97 Å². The summed E-state index contributed by atoms with van der Waals surface area (Å²) in [5, 5.41) is 5.33. The minimum Gasteiger partial charge on any atom is -0.497 e. The number of thiophene rings is 1. The summed E-state index contributed by atoms with van der Waals surface area (Å²) in [5.41, 5.74) is 5.59. The van der Waals surface area contributed by atoms with Gasteiger partial charge in [-0.2, -0.15) is 5.10 Å². The number of ether oxygens (including phenoxy) is 2. The maximum atomic E-state index is 13.9. The summed E-state index contributed by atoms with van der Waals surface area (Å²) < 4.78 is 11.9. The number of methoxy groups -OCH3 is 1. The number of esters is 1. The smallest absolute Gasteiger partial charge is 0.308 e. The SMILES string of the molecule is COc1ccc(-n2c(SCC(=O)NN=C(C)c3ccc(OC(C)=O)cc3)nc3sc4c(c3c2=O)CCCC4)cc1. The Morgan fingerprint density at radius 2 is 1.75 bits per heavy atom. The van der Waals surface area contributed by atoms with Gasteiger partial charge in [0.2, 0.25) is 0 Å². The van der Waals surface area contributed by atoms with Gasteiger partial charge in [-0.1, -0.05) is 11.8 Å². The van der Waals surface area contributed by atoms with Crippen molar-refractivity contribution in [2.75, 3.05) is 12.9 Å². The van der Waals surface area contributed by atoms with Crippen molar-refractivity contribution in [3.05, 3.63) is 74.9 Å². The van der Waals surface area contributed by atoms with Crippen LogP contribution < -0.4 is 20.5 Å². The zero-order valence-electron chi connectivity index (χ0n) is 22.4. The van der Waals surface area contributed by atoms with Crippen LogP contribution in [-0.2, 0) is 22.4 Å². The van der Waals surface area contributed by atoms with Crippen LogP contribution in [0, 0.1) is 0 Å². The Hall–Kier alpha value is -3.96. The summed E-state index contributed by atoms with van der Waals surface area (Å²) in [5.74, 6) is 0.404. The number of fused-ring (bicyclic) bond motifs is 3. The lowest BCUT2D eigenvalue weighted by atomic mass is 9.97. The number of aromatic nitrogens is 2. The Morgan fingerprint density at radius 3 is 2.45 bits per heavy atom. The third-order valence-corrected chi connectivity index (χ3v) is 8.63. The van der Waals surface area contributed by atoms with E-state index in [0.29, 0.717) is 33.4 Å². The molecule has 206 valence electrons. The summed E-state index contributed by atoms with van der Waals surface area (Å²) in [7, 11) is 1.59. The van der Waals surface area contributed by atoms with E-state index in [1.165, 1.54) is 23.6 Å². The number of benzene rings is 2. The first-order valence-corrected chi connectivity index (χ1v) is 14.6. The minimum atomic E-state index is -0.396. The summed E-state index contributed by atoms with van der Waals surface area (Å²) in [4.78, 5) is 44.5. The van der Waals surface area contributed by atoms with Crippen molar-refractivity contribution in [3.63, 3.8) is 0 Å². The molecule has 5 rings (SSSR count). The Labute approximate surface area is 239 Å². The van der Waals surface area contributed by atoms with Crippen LogP contribution in [0.5, 0.6) is 11.5 Å². The molecule has 2 aromatic carbocycles. The summed E-state index contributed by atoms with van der Waals surface area (Å²) in [6, 6.07) is 14.1. The van der Waals surface area contributed by atoms with Crippen LogP contribution in [0.25, 0.3) is 15.9 Å². The molecule has 0 atom stereocenters.